The molecule has 0 bridgehead atoms. The molecule has 0 atom stereocenters. The molecule has 0 radical (unpaired) electrons. The highest BCUT2D eigenvalue weighted by atomic mass is 79.9. The van der Waals surface area contributed by atoms with Crippen molar-refractivity contribution in [3.8, 4) is 0 Å². The summed E-state index contributed by atoms with van der Waals surface area (Å²) < 4.78 is 13.5. The van der Waals surface area contributed by atoms with Crippen LogP contribution in [0.3, 0.4) is 0 Å². The molecule has 0 aromatic heterocycles. The summed E-state index contributed by atoms with van der Waals surface area (Å²) in [6.45, 7) is 1.68. The summed E-state index contributed by atoms with van der Waals surface area (Å²) in [4.78, 5) is 23.4. The second-order valence-electron chi connectivity index (χ2n) is 4.36. The first-order valence-electron chi connectivity index (χ1n) is 6.00. The van der Waals surface area contributed by atoms with Crippen LogP contribution in [-0.4, -0.2) is 17.0 Å². The maximum Gasteiger partial charge on any atom is 0.337 e. The first kappa shape index (κ1) is 15.2. The Morgan fingerprint density at radius 1 is 1.14 bits per heavy atom. The van der Waals surface area contributed by atoms with Gasteiger partial charge < -0.3 is 10.4 Å². The summed E-state index contributed by atoms with van der Waals surface area (Å²) >= 11 is 3.01. The molecule has 21 heavy (non-hydrogen) atoms. The number of amides is 1. The first-order valence-corrected chi connectivity index (χ1v) is 6.79. The van der Waals surface area contributed by atoms with Crippen molar-refractivity contribution in [2.45, 2.75) is 6.92 Å². The van der Waals surface area contributed by atoms with E-state index in [4.69, 9.17) is 5.11 Å². The van der Waals surface area contributed by atoms with E-state index < -0.39 is 17.7 Å². The molecule has 108 valence electrons. The van der Waals surface area contributed by atoms with Gasteiger partial charge >= 0.3 is 5.97 Å². The molecule has 2 rings (SSSR count). The minimum atomic E-state index is -1.15. The Morgan fingerprint density at radius 2 is 1.76 bits per heavy atom. The number of hydrogen-bond donors (Lipinski definition) is 2. The molecule has 2 N–H and O–H groups in total. The molecule has 0 heterocycles. The molecule has 6 heteroatoms. The van der Waals surface area contributed by atoms with Crippen LogP contribution in [-0.2, 0) is 0 Å². The van der Waals surface area contributed by atoms with Gasteiger partial charge in [-0.25, -0.2) is 9.18 Å². The van der Waals surface area contributed by atoms with E-state index in [0.717, 1.165) is 0 Å². The maximum absolute atomic E-state index is 13.4. The molecule has 4 nitrogen and oxygen atoms in total. The molecule has 0 aliphatic carbocycles. The van der Waals surface area contributed by atoms with Gasteiger partial charge in [-0.3, -0.25) is 4.79 Å². The van der Waals surface area contributed by atoms with Crippen LogP contribution in [0.5, 0.6) is 0 Å². The number of aromatic carboxylic acids is 1. The van der Waals surface area contributed by atoms with Crippen molar-refractivity contribution in [3.63, 3.8) is 0 Å². The summed E-state index contributed by atoms with van der Waals surface area (Å²) in [7, 11) is 0. The smallest absolute Gasteiger partial charge is 0.337 e. The van der Waals surface area contributed by atoms with E-state index in [2.05, 4.69) is 21.2 Å². The highest BCUT2D eigenvalue weighted by molar-refractivity contribution is 9.10. The van der Waals surface area contributed by atoms with Crippen LogP contribution in [0.1, 0.15) is 26.3 Å². The zero-order chi connectivity index (χ0) is 15.6. The molecular formula is C15H11BrFNO3. The number of carboxylic acid groups (broad SMARTS) is 1. The van der Waals surface area contributed by atoms with E-state index in [1.165, 1.54) is 24.3 Å². The van der Waals surface area contributed by atoms with Crippen LogP contribution in [0.15, 0.2) is 40.9 Å². The Balaban J connectivity index is 2.41. The number of hydrogen-bond acceptors (Lipinski definition) is 2. The van der Waals surface area contributed by atoms with Gasteiger partial charge in [0.2, 0.25) is 0 Å². The van der Waals surface area contributed by atoms with E-state index in [0.29, 0.717) is 5.56 Å². The van der Waals surface area contributed by atoms with Gasteiger partial charge in [-0.1, -0.05) is 18.2 Å². The molecule has 0 saturated heterocycles. The SMILES string of the molecule is Cc1cccc(C(=O)O)c1NC(=O)c1cccc(F)c1Br. The number of rotatable bonds is 3. The fourth-order valence-corrected chi connectivity index (χ4v) is 2.32. The number of para-hydroxylation sites is 1. The Bertz CT molecular complexity index is 731. The predicted molar refractivity (Wildman–Crippen MR) is 80.2 cm³/mol. The number of carboxylic acids is 1. The third kappa shape index (κ3) is 3.11. The van der Waals surface area contributed by atoms with Crippen LogP contribution < -0.4 is 5.32 Å². The van der Waals surface area contributed by atoms with E-state index in [-0.39, 0.29) is 21.3 Å². The van der Waals surface area contributed by atoms with Crippen LogP contribution in [0.2, 0.25) is 0 Å². The Morgan fingerprint density at radius 3 is 2.43 bits per heavy atom. The molecule has 0 fully saturated rings. The average Bonchev–Trinajstić information content (AvgIpc) is 2.43. The fraction of sp³-hybridized carbons (Fsp3) is 0.0667. The van der Waals surface area contributed by atoms with Crippen molar-refractivity contribution in [2.75, 3.05) is 5.32 Å². The third-order valence-electron chi connectivity index (χ3n) is 2.94. The summed E-state index contributed by atoms with van der Waals surface area (Å²) in [5.41, 5.74) is 0.882. The monoisotopic (exact) mass is 351 g/mol. The number of carbonyl (C=O) groups excluding carboxylic acids is 1. The number of anilines is 1. The van der Waals surface area contributed by atoms with Crippen LogP contribution in [0, 0.1) is 12.7 Å². The quantitative estimate of drug-likeness (QED) is 0.882. The second kappa shape index (κ2) is 6.05. The molecule has 0 aliphatic heterocycles. The zero-order valence-electron chi connectivity index (χ0n) is 11.0. The molecular weight excluding hydrogens is 341 g/mol. The lowest BCUT2D eigenvalue weighted by Crippen LogP contribution is -2.16. The number of aryl methyl sites for hydroxylation is 1. The van der Waals surface area contributed by atoms with Crippen LogP contribution in [0.25, 0.3) is 0 Å². The van der Waals surface area contributed by atoms with Gasteiger partial charge in [0.25, 0.3) is 5.91 Å². The Kier molecular flexibility index (Phi) is 4.37. The Labute approximate surface area is 128 Å². The van der Waals surface area contributed by atoms with Crippen molar-refractivity contribution in [1.82, 2.24) is 0 Å². The van der Waals surface area contributed by atoms with Gasteiger partial charge in [-0.2, -0.15) is 0 Å². The van der Waals surface area contributed by atoms with Crippen LogP contribution >= 0.6 is 15.9 Å². The predicted octanol–water partition coefficient (Wildman–Crippen LogP) is 3.85. The van der Waals surface area contributed by atoms with Gasteiger partial charge in [-0.15, -0.1) is 0 Å². The minimum Gasteiger partial charge on any atom is -0.478 e. The van der Waals surface area contributed by atoms with E-state index in [1.54, 1.807) is 19.1 Å². The highest BCUT2D eigenvalue weighted by Crippen LogP contribution is 2.24. The van der Waals surface area contributed by atoms with Crippen molar-refractivity contribution in [1.29, 1.82) is 0 Å². The lowest BCUT2D eigenvalue weighted by atomic mass is 10.1. The average molecular weight is 352 g/mol. The zero-order valence-corrected chi connectivity index (χ0v) is 12.6. The molecule has 1 amide bonds. The lowest BCUT2D eigenvalue weighted by Gasteiger charge is -2.12. The van der Waals surface area contributed by atoms with E-state index in [9.17, 15) is 14.0 Å². The fourth-order valence-electron chi connectivity index (χ4n) is 1.87. The standard InChI is InChI=1S/C15H11BrFNO3/c1-8-4-2-6-10(15(20)21)13(8)18-14(19)9-5-3-7-11(17)12(9)16/h2-7H,1H3,(H,18,19)(H,20,21). The number of carbonyl (C=O) groups is 2. The van der Waals surface area contributed by atoms with Gasteiger partial charge in [-0.05, 0) is 46.6 Å². The molecule has 0 unspecified atom stereocenters. The Hall–Kier alpha value is -2.21. The van der Waals surface area contributed by atoms with Gasteiger partial charge in [0.1, 0.15) is 5.82 Å². The third-order valence-corrected chi connectivity index (χ3v) is 3.74. The first-order chi connectivity index (χ1) is 9.91. The highest BCUT2D eigenvalue weighted by Gasteiger charge is 2.18. The van der Waals surface area contributed by atoms with E-state index in [1.807, 2.05) is 0 Å². The largest absolute Gasteiger partial charge is 0.478 e. The lowest BCUT2D eigenvalue weighted by molar-refractivity contribution is 0.0698. The summed E-state index contributed by atoms with van der Waals surface area (Å²) in [5.74, 6) is -2.30. The molecule has 0 spiro atoms. The van der Waals surface area contributed by atoms with Crippen LogP contribution in [0.4, 0.5) is 10.1 Å². The number of nitrogens with one attached hydrogen (secondary N) is 1. The number of benzene rings is 2. The van der Waals surface area contributed by atoms with Crippen molar-refractivity contribution < 1.29 is 19.1 Å². The summed E-state index contributed by atoms with van der Waals surface area (Å²) in [6, 6.07) is 8.74. The van der Waals surface area contributed by atoms with Crippen molar-refractivity contribution >= 4 is 33.5 Å². The topological polar surface area (TPSA) is 66.4 Å². The minimum absolute atomic E-state index is 0.0177. The van der Waals surface area contributed by atoms with Gasteiger partial charge in [0.05, 0.1) is 21.3 Å². The normalized spacial score (nSPS) is 10.2. The molecule has 0 aliphatic rings. The summed E-state index contributed by atoms with van der Waals surface area (Å²) in [6.07, 6.45) is 0. The maximum atomic E-state index is 13.4. The van der Waals surface area contributed by atoms with Crippen molar-refractivity contribution in [2.24, 2.45) is 0 Å². The van der Waals surface area contributed by atoms with Crippen molar-refractivity contribution in [3.05, 3.63) is 63.4 Å². The molecule has 2 aromatic rings. The second-order valence-corrected chi connectivity index (χ2v) is 5.15. The van der Waals surface area contributed by atoms with Gasteiger partial charge in [0.15, 0.2) is 0 Å². The summed E-state index contributed by atoms with van der Waals surface area (Å²) in [5, 5.41) is 11.7. The molecule has 0 saturated carbocycles. The van der Waals surface area contributed by atoms with Gasteiger partial charge in [0, 0.05) is 0 Å². The molecule has 2 aromatic carbocycles. The number of halogens is 2. The van der Waals surface area contributed by atoms with E-state index >= 15 is 0 Å².